The van der Waals surface area contributed by atoms with Gasteiger partial charge in [-0.15, -0.1) is 0 Å². The summed E-state index contributed by atoms with van der Waals surface area (Å²) >= 11 is 0. The van der Waals surface area contributed by atoms with Crippen LogP contribution < -0.4 is 15.8 Å². The van der Waals surface area contributed by atoms with Crippen LogP contribution in [0.25, 0.3) is 0 Å². The maximum Gasteiger partial charge on any atom is 0.255 e. The van der Waals surface area contributed by atoms with Crippen molar-refractivity contribution in [1.82, 2.24) is 0 Å². The molecule has 0 saturated carbocycles. The summed E-state index contributed by atoms with van der Waals surface area (Å²) in [6.45, 7) is 0.0652. The second-order valence-corrected chi connectivity index (χ2v) is 11.3. The maximum atomic E-state index is 14.1. The van der Waals surface area contributed by atoms with Gasteiger partial charge in [-0.05, 0) is 66.2 Å². The quantitative estimate of drug-likeness (QED) is 0.221. The minimum atomic E-state index is -4.41. The van der Waals surface area contributed by atoms with Gasteiger partial charge in [0.25, 0.3) is 5.91 Å². The number of nitrogens with two attached hydrogens (primary N) is 1. The molecule has 0 aromatic heterocycles. The van der Waals surface area contributed by atoms with Crippen LogP contribution in [-0.4, -0.2) is 20.2 Å². The molecule has 3 N–H and O–H groups in total. The van der Waals surface area contributed by atoms with Gasteiger partial charge in [0.1, 0.15) is 17.3 Å². The Morgan fingerprint density at radius 3 is 1.98 bits per heavy atom. The summed E-state index contributed by atoms with van der Waals surface area (Å²) in [6, 6.07) is 35.6. The molecule has 5 aromatic rings. The first kappa shape index (κ1) is 28.9. The molecule has 5 aromatic carbocycles. The zero-order valence-electron chi connectivity index (χ0n) is 22.9. The summed E-state index contributed by atoms with van der Waals surface area (Å²) in [5.74, 6) is 4.63. The van der Waals surface area contributed by atoms with Crippen LogP contribution in [0, 0.1) is 11.8 Å². The summed E-state index contributed by atoms with van der Waals surface area (Å²) in [4.78, 5) is 24.9. The minimum absolute atomic E-state index is 0.0338. The second kappa shape index (κ2) is 12.9. The average molecular weight is 587 g/mol. The van der Waals surface area contributed by atoms with E-state index < -0.39 is 21.7 Å². The topological polar surface area (TPSA) is 116 Å². The summed E-state index contributed by atoms with van der Waals surface area (Å²) in [5, 5.41) is 2.69. The number of para-hydroxylation sites is 1. The van der Waals surface area contributed by atoms with E-state index in [-0.39, 0.29) is 33.4 Å². The third-order valence-electron chi connectivity index (χ3n) is 6.45. The lowest BCUT2D eigenvalue weighted by Crippen LogP contribution is -2.19. The van der Waals surface area contributed by atoms with E-state index in [9.17, 15) is 18.0 Å². The van der Waals surface area contributed by atoms with Gasteiger partial charge in [-0.25, -0.2) is 8.42 Å². The van der Waals surface area contributed by atoms with E-state index >= 15 is 0 Å². The first-order chi connectivity index (χ1) is 20.8. The molecule has 2 amide bonds. The fraction of sp³-hybridized carbons (Fsp3) is 0.0286. The van der Waals surface area contributed by atoms with Gasteiger partial charge in [-0.3, -0.25) is 9.59 Å². The van der Waals surface area contributed by atoms with E-state index in [1.54, 1.807) is 30.3 Å². The molecule has 8 heteroatoms. The summed E-state index contributed by atoms with van der Waals surface area (Å²) in [6.07, 6.45) is 0. The highest BCUT2D eigenvalue weighted by Crippen LogP contribution is 2.36. The van der Waals surface area contributed by atoms with Crippen LogP contribution in [0.5, 0.6) is 5.75 Å². The molecule has 0 fully saturated rings. The first-order valence-electron chi connectivity index (χ1n) is 13.2. The predicted octanol–water partition coefficient (Wildman–Crippen LogP) is 5.85. The van der Waals surface area contributed by atoms with E-state index in [1.807, 2.05) is 60.7 Å². The van der Waals surface area contributed by atoms with Crippen LogP contribution in [0.3, 0.4) is 0 Å². The van der Waals surface area contributed by atoms with Crippen molar-refractivity contribution in [3.8, 4) is 17.6 Å². The molecule has 0 bridgehead atoms. The highest BCUT2D eigenvalue weighted by atomic mass is 32.2. The lowest BCUT2D eigenvalue weighted by atomic mass is 10.1. The molecule has 0 aliphatic carbocycles. The number of hydrogen-bond donors (Lipinski definition) is 2. The number of amides is 2. The Kier molecular flexibility index (Phi) is 8.66. The number of rotatable bonds is 8. The largest absolute Gasteiger partial charge is 0.488 e. The standard InChI is InChI=1S/C35H26N2O5S/c36-34(38)29-14-9-16-31(42-24-27-12-5-2-6-13-27)33(29)43(40,41)32-17-8-7-15-30(32)37-35(39)28-22-20-26(21-23-28)19-18-25-10-3-1-4-11-25/h1-17,20-23H,24H2,(H2,36,38)(H,37,39). The molecule has 0 radical (unpaired) electrons. The van der Waals surface area contributed by atoms with Gasteiger partial charge < -0.3 is 15.8 Å². The van der Waals surface area contributed by atoms with Crippen molar-refractivity contribution >= 4 is 27.3 Å². The second-order valence-electron chi connectivity index (χ2n) is 9.42. The third kappa shape index (κ3) is 6.81. The van der Waals surface area contributed by atoms with Gasteiger partial charge in [-0.2, -0.15) is 0 Å². The number of hydrogen-bond acceptors (Lipinski definition) is 5. The number of carbonyl (C=O) groups excluding carboxylic acids is 2. The molecule has 212 valence electrons. The van der Waals surface area contributed by atoms with Crippen LogP contribution in [0.4, 0.5) is 5.69 Å². The molecule has 43 heavy (non-hydrogen) atoms. The summed E-state index contributed by atoms with van der Waals surface area (Å²) in [7, 11) is -4.41. The Morgan fingerprint density at radius 1 is 0.698 bits per heavy atom. The van der Waals surface area contributed by atoms with E-state index in [2.05, 4.69) is 17.2 Å². The van der Waals surface area contributed by atoms with Crippen molar-refractivity contribution in [1.29, 1.82) is 0 Å². The number of primary amides is 1. The number of benzene rings is 5. The van der Waals surface area contributed by atoms with Gasteiger partial charge in [0.05, 0.1) is 16.1 Å². The van der Waals surface area contributed by atoms with E-state index in [0.717, 1.165) is 16.7 Å². The van der Waals surface area contributed by atoms with E-state index in [1.165, 1.54) is 36.4 Å². The molecule has 0 spiro atoms. The lowest BCUT2D eigenvalue weighted by Gasteiger charge is -2.17. The number of nitrogens with one attached hydrogen (secondary N) is 1. The van der Waals surface area contributed by atoms with Gasteiger partial charge in [-0.1, -0.05) is 78.6 Å². The van der Waals surface area contributed by atoms with E-state index in [0.29, 0.717) is 5.56 Å². The van der Waals surface area contributed by atoms with Crippen molar-refractivity contribution in [2.45, 2.75) is 16.4 Å². The molecule has 0 atom stereocenters. The normalized spacial score (nSPS) is 10.7. The third-order valence-corrected chi connectivity index (χ3v) is 8.34. The predicted molar refractivity (Wildman–Crippen MR) is 164 cm³/mol. The molecular weight excluding hydrogens is 560 g/mol. The Bertz CT molecular complexity index is 1950. The van der Waals surface area contributed by atoms with Gasteiger partial charge in [0, 0.05) is 16.7 Å². The molecule has 0 saturated heterocycles. The van der Waals surface area contributed by atoms with E-state index in [4.69, 9.17) is 10.5 Å². The average Bonchev–Trinajstić information content (AvgIpc) is 3.04. The Hall–Kier alpha value is -5.65. The maximum absolute atomic E-state index is 14.1. The molecule has 0 unspecified atom stereocenters. The van der Waals surface area contributed by atoms with Crippen molar-refractivity contribution < 1.29 is 22.7 Å². The van der Waals surface area contributed by atoms with Crippen LogP contribution in [0.2, 0.25) is 0 Å². The summed E-state index contributed by atoms with van der Waals surface area (Å²) in [5.41, 5.74) is 8.10. The first-order valence-corrected chi connectivity index (χ1v) is 14.7. The Balaban J connectivity index is 1.43. The molecule has 0 heterocycles. The highest BCUT2D eigenvalue weighted by molar-refractivity contribution is 7.91. The molecule has 7 nitrogen and oxygen atoms in total. The van der Waals surface area contributed by atoms with Gasteiger partial charge >= 0.3 is 0 Å². The number of carbonyl (C=O) groups is 2. The lowest BCUT2D eigenvalue weighted by molar-refractivity contribution is 0.0993. The Morgan fingerprint density at radius 2 is 1.30 bits per heavy atom. The summed E-state index contributed by atoms with van der Waals surface area (Å²) < 4.78 is 34.1. The van der Waals surface area contributed by atoms with Crippen LogP contribution >= 0.6 is 0 Å². The molecule has 0 aliphatic heterocycles. The van der Waals surface area contributed by atoms with Gasteiger partial charge in [0.15, 0.2) is 0 Å². The molecular formula is C35H26N2O5S. The van der Waals surface area contributed by atoms with Crippen LogP contribution in [0.1, 0.15) is 37.4 Å². The zero-order valence-corrected chi connectivity index (χ0v) is 23.7. The van der Waals surface area contributed by atoms with Crippen molar-refractivity contribution in [2.24, 2.45) is 5.73 Å². The fourth-order valence-corrected chi connectivity index (χ4v) is 6.05. The zero-order chi connectivity index (χ0) is 30.2. The monoisotopic (exact) mass is 586 g/mol. The Labute approximate surface area is 249 Å². The van der Waals surface area contributed by atoms with Crippen LogP contribution in [-0.2, 0) is 16.4 Å². The smallest absolute Gasteiger partial charge is 0.255 e. The number of sulfone groups is 1. The van der Waals surface area contributed by atoms with Crippen molar-refractivity contribution in [3.05, 3.63) is 155 Å². The fourth-order valence-electron chi connectivity index (χ4n) is 4.32. The van der Waals surface area contributed by atoms with Crippen molar-refractivity contribution in [2.75, 3.05) is 5.32 Å². The molecule has 0 aliphatic rings. The van der Waals surface area contributed by atoms with Crippen LogP contribution in [0.15, 0.2) is 137 Å². The minimum Gasteiger partial charge on any atom is -0.488 e. The molecule has 5 rings (SSSR count). The number of anilines is 1. The van der Waals surface area contributed by atoms with Gasteiger partial charge in [0.2, 0.25) is 15.7 Å². The SMILES string of the molecule is NC(=O)c1cccc(OCc2ccccc2)c1S(=O)(=O)c1ccccc1NC(=O)c1ccc(C#Cc2ccccc2)cc1. The number of ether oxygens (including phenoxy) is 1. The van der Waals surface area contributed by atoms with Crippen molar-refractivity contribution in [3.63, 3.8) is 0 Å². The highest BCUT2D eigenvalue weighted by Gasteiger charge is 2.30.